The van der Waals surface area contributed by atoms with E-state index in [2.05, 4.69) is 67.8 Å². The summed E-state index contributed by atoms with van der Waals surface area (Å²) in [5, 5.41) is 13.7. The normalized spacial score (nSPS) is 15.1. The van der Waals surface area contributed by atoms with E-state index in [9.17, 15) is 19.4 Å². The first-order valence-corrected chi connectivity index (χ1v) is 22.6. The smallest absolute Gasteiger partial charge is 0.268 e. The number of nitrogens with one attached hydrogen (secondary N) is 1. The molecule has 0 rings (SSSR count). The Kier molecular flexibility index (Phi) is 34.7. The fourth-order valence-corrected chi connectivity index (χ4v) is 6.25. The van der Waals surface area contributed by atoms with Crippen molar-refractivity contribution in [2.24, 2.45) is 0 Å². The summed E-state index contributed by atoms with van der Waals surface area (Å²) in [7, 11) is 1.22. The zero-order chi connectivity index (χ0) is 39.3. The number of nitrogens with zero attached hydrogens (tertiary/aromatic N) is 1. The van der Waals surface area contributed by atoms with Crippen LogP contribution < -0.4 is 10.2 Å². The molecule has 8 nitrogen and oxygen atoms in total. The van der Waals surface area contributed by atoms with E-state index < -0.39 is 26.6 Å². The lowest BCUT2D eigenvalue weighted by Crippen LogP contribution is -2.45. The van der Waals surface area contributed by atoms with Gasteiger partial charge < -0.3 is 28.8 Å². The molecule has 0 aliphatic carbocycles. The number of aliphatic hydroxyl groups is 1. The Morgan fingerprint density at radius 2 is 1.11 bits per heavy atom. The van der Waals surface area contributed by atoms with Gasteiger partial charge in [0.05, 0.1) is 39.9 Å². The van der Waals surface area contributed by atoms with Crippen LogP contribution in [0.4, 0.5) is 0 Å². The average molecular weight is 765 g/mol. The Balaban J connectivity index is 4.59. The molecule has 0 aliphatic rings. The maximum absolute atomic E-state index is 12.8. The Morgan fingerprint density at radius 1 is 0.660 bits per heavy atom. The van der Waals surface area contributed by atoms with Crippen molar-refractivity contribution < 1.29 is 32.9 Å². The highest BCUT2D eigenvalue weighted by molar-refractivity contribution is 7.45. The van der Waals surface area contributed by atoms with Crippen LogP contribution in [-0.4, -0.2) is 68.5 Å². The number of hydrogen-bond acceptors (Lipinski definition) is 6. The zero-order valence-electron chi connectivity index (χ0n) is 34.7. The number of phosphoric ester groups is 1. The van der Waals surface area contributed by atoms with E-state index in [1.165, 1.54) is 77.0 Å². The molecule has 0 saturated carbocycles. The monoisotopic (exact) mass is 765 g/mol. The van der Waals surface area contributed by atoms with Crippen LogP contribution in [0.25, 0.3) is 0 Å². The molecule has 0 aliphatic heterocycles. The third-order valence-electron chi connectivity index (χ3n) is 8.96. The molecule has 308 valence electrons. The summed E-state index contributed by atoms with van der Waals surface area (Å²) < 4.78 is 23.1. The Labute approximate surface area is 326 Å². The molecule has 1 amide bonds. The third kappa shape index (κ3) is 38.3. The van der Waals surface area contributed by atoms with Gasteiger partial charge in [-0.15, -0.1) is 0 Å². The molecule has 0 aromatic carbocycles. The summed E-state index contributed by atoms with van der Waals surface area (Å²) in [4.78, 5) is 25.2. The van der Waals surface area contributed by atoms with Crippen molar-refractivity contribution in [3.8, 4) is 0 Å². The molecule has 0 spiro atoms. The van der Waals surface area contributed by atoms with Gasteiger partial charge in [-0.3, -0.25) is 9.36 Å². The Morgan fingerprint density at radius 3 is 1.68 bits per heavy atom. The molecular formula is C44H81N2O6P. The predicted octanol–water partition coefficient (Wildman–Crippen LogP) is 10.8. The van der Waals surface area contributed by atoms with Crippen molar-refractivity contribution in [3.05, 3.63) is 60.8 Å². The van der Waals surface area contributed by atoms with Crippen molar-refractivity contribution in [1.82, 2.24) is 5.32 Å². The molecular weight excluding hydrogens is 683 g/mol. The van der Waals surface area contributed by atoms with E-state index in [1.54, 1.807) is 6.08 Å². The van der Waals surface area contributed by atoms with E-state index in [0.717, 1.165) is 64.2 Å². The van der Waals surface area contributed by atoms with Crippen molar-refractivity contribution in [2.75, 3.05) is 40.9 Å². The van der Waals surface area contributed by atoms with E-state index in [-0.39, 0.29) is 12.5 Å². The van der Waals surface area contributed by atoms with Crippen LogP contribution in [0.1, 0.15) is 162 Å². The molecule has 0 fully saturated rings. The van der Waals surface area contributed by atoms with Crippen LogP contribution in [0.3, 0.4) is 0 Å². The Hall–Kier alpha value is -1.80. The van der Waals surface area contributed by atoms with Gasteiger partial charge in [0.15, 0.2) is 0 Å². The highest BCUT2D eigenvalue weighted by Gasteiger charge is 2.23. The number of allylic oxidation sites excluding steroid dienone is 9. The SMILES string of the molecule is CCCCC/C=C\C=C/CCCCCCCCC(=O)NC(COP(=O)([O-])OCC[N+](C)(C)C)C(O)/C=C/CC/C=C/CC/C=C/CCCCCCCC. The average Bonchev–Trinajstić information content (AvgIpc) is 3.10. The highest BCUT2D eigenvalue weighted by atomic mass is 31.2. The first-order chi connectivity index (χ1) is 25.5. The maximum Gasteiger partial charge on any atom is 0.268 e. The second-order valence-electron chi connectivity index (χ2n) is 15.3. The molecule has 9 heteroatoms. The molecule has 3 atom stereocenters. The number of likely N-dealkylation sites (N-methyl/N-ethyl adjacent to an activating group) is 1. The molecule has 2 N–H and O–H groups in total. The second-order valence-corrected chi connectivity index (χ2v) is 16.8. The number of carbonyl (C=O) groups is 1. The largest absolute Gasteiger partial charge is 0.756 e. The van der Waals surface area contributed by atoms with Crippen molar-refractivity contribution in [1.29, 1.82) is 0 Å². The van der Waals surface area contributed by atoms with Crippen LogP contribution in [0, 0.1) is 0 Å². The number of unbranched alkanes of at least 4 members (excludes halogenated alkanes) is 17. The topological polar surface area (TPSA) is 108 Å². The summed E-state index contributed by atoms with van der Waals surface area (Å²) >= 11 is 0. The molecule has 0 aromatic rings. The summed E-state index contributed by atoms with van der Waals surface area (Å²) in [6, 6.07) is -0.916. The quantitative estimate of drug-likeness (QED) is 0.0214. The van der Waals surface area contributed by atoms with Crippen molar-refractivity contribution >= 4 is 13.7 Å². The summed E-state index contributed by atoms with van der Waals surface area (Å²) in [5.41, 5.74) is 0. The third-order valence-corrected chi connectivity index (χ3v) is 9.92. The van der Waals surface area contributed by atoms with E-state index in [1.807, 2.05) is 27.2 Å². The molecule has 0 bridgehead atoms. The predicted molar refractivity (Wildman–Crippen MR) is 224 cm³/mol. The molecule has 0 radical (unpaired) electrons. The number of quaternary nitrogens is 1. The van der Waals surface area contributed by atoms with E-state index in [0.29, 0.717) is 17.4 Å². The van der Waals surface area contributed by atoms with Crippen LogP contribution >= 0.6 is 7.82 Å². The van der Waals surface area contributed by atoms with Gasteiger partial charge in [0.2, 0.25) is 5.91 Å². The molecule has 3 unspecified atom stereocenters. The lowest BCUT2D eigenvalue weighted by atomic mass is 10.1. The van der Waals surface area contributed by atoms with Crippen molar-refractivity contribution in [2.45, 2.75) is 174 Å². The van der Waals surface area contributed by atoms with Gasteiger partial charge in [0.1, 0.15) is 13.2 Å². The lowest BCUT2D eigenvalue weighted by molar-refractivity contribution is -0.870. The first-order valence-electron chi connectivity index (χ1n) is 21.2. The fourth-order valence-electron chi connectivity index (χ4n) is 5.53. The number of carbonyl (C=O) groups excluding carboxylic acids is 1. The first kappa shape index (κ1) is 51.2. The van der Waals surface area contributed by atoms with Crippen LogP contribution in [0.5, 0.6) is 0 Å². The molecule has 0 heterocycles. The maximum atomic E-state index is 12.8. The summed E-state index contributed by atoms with van der Waals surface area (Å²) in [5.74, 6) is -0.227. The number of hydrogen-bond donors (Lipinski definition) is 2. The summed E-state index contributed by atoms with van der Waals surface area (Å²) in [6.07, 6.45) is 45.5. The zero-order valence-corrected chi connectivity index (χ0v) is 35.6. The van der Waals surface area contributed by atoms with Gasteiger partial charge in [-0.05, 0) is 70.6 Å². The lowest BCUT2D eigenvalue weighted by Gasteiger charge is -2.29. The van der Waals surface area contributed by atoms with Gasteiger partial charge in [-0.1, -0.05) is 145 Å². The summed E-state index contributed by atoms with van der Waals surface area (Å²) in [6.45, 7) is 4.54. The van der Waals surface area contributed by atoms with Gasteiger partial charge in [-0.25, -0.2) is 0 Å². The second kappa shape index (κ2) is 35.9. The minimum atomic E-state index is -4.60. The Bertz CT molecular complexity index is 1050. The highest BCUT2D eigenvalue weighted by Crippen LogP contribution is 2.38. The van der Waals surface area contributed by atoms with Crippen molar-refractivity contribution in [3.63, 3.8) is 0 Å². The van der Waals surface area contributed by atoms with Gasteiger partial charge in [-0.2, -0.15) is 0 Å². The van der Waals surface area contributed by atoms with Gasteiger partial charge >= 0.3 is 0 Å². The minimum absolute atomic E-state index is 0.0139. The standard InChI is InChI=1S/C44H81N2O6P/c1-6-8-10-12-14-16-18-20-22-24-25-27-29-31-33-35-37-43(47)42(41-52-53(49,50)51-40-39-46(3,4)5)45-44(48)38-36-34-32-30-28-26-23-21-19-17-15-13-11-9-7-2/h15,17,19-22,27,29,35,37,42-43,47H,6-14,16,18,23-26,28,30-34,36,38-41H2,1-5H3,(H-,45,48,49,50)/b17-15-,21-19-,22-20+,29-27+,37-35+. The van der Waals surface area contributed by atoms with Gasteiger partial charge in [0, 0.05) is 6.42 Å². The van der Waals surface area contributed by atoms with Crippen LogP contribution in [0.2, 0.25) is 0 Å². The number of rotatable bonds is 37. The molecule has 53 heavy (non-hydrogen) atoms. The van der Waals surface area contributed by atoms with Gasteiger partial charge in [0.25, 0.3) is 7.82 Å². The molecule has 0 saturated heterocycles. The number of phosphoric acid groups is 1. The molecule has 0 aromatic heterocycles. The van der Waals surface area contributed by atoms with E-state index in [4.69, 9.17) is 9.05 Å². The van der Waals surface area contributed by atoms with Crippen LogP contribution in [-0.2, 0) is 18.4 Å². The number of amides is 1. The van der Waals surface area contributed by atoms with E-state index >= 15 is 0 Å². The van der Waals surface area contributed by atoms with Crippen LogP contribution in [0.15, 0.2) is 60.8 Å². The fraction of sp³-hybridized carbons (Fsp3) is 0.750. The minimum Gasteiger partial charge on any atom is -0.756 e. The number of aliphatic hydroxyl groups excluding tert-OH is 1.